The molecule has 1 heterocycles. The van der Waals surface area contributed by atoms with Gasteiger partial charge in [0.05, 0.1) is 19.6 Å². The Labute approximate surface area is 165 Å². The lowest BCUT2D eigenvalue weighted by Crippen LogP contribution is -2.26. The molecule has 1 atom stereocenters. The number of rotatable bonds is 6. The summed E-state index contributed by atoms with van der Waals surface area (Å²) in [6.07, 6.45) is -1.27. The zero-order valence-electron chi connectivity index (χ0n) is 15.3. The molecule has 0 spiro atoms. The summed E-state index contributed by atoms with van der Waals surface area (Å²) < 4.78 is 21.9. The van der Waals surface area contributed by atoms with Gasteiger partial charge >= 0.3 is 5.97 Å². The van der Waals surface area contributed by atoms with Crippen LogP contribution in [0.2, 0.25) is 5.02 Å². The molecule has 0 radical (unpaired) electrons. The smallest absolute Gasteiger partial charge is 0.344 e. The lowest BCUT2D eigenvalue weighted by Gasteiger charge is -2.15. The second kappa shape index (κ2) is 7.82. The molecular weight excluding hydrogens is 388 g/mol. The van der Waals surface area contributed by atoms with Crippen molar-refractivity contribution in [1.29, 1.82) is 0 Å². The van der Waals surface area contributed by atoms with Gasteiger partial charge < -0.3 is 23.7 Å². The van der Waals surface area contributed by atoms with E-state index in [0.717, 1.165) is 0 Å². The fraction of sp³-hybridized carbons (Fsp3) is 0.200. The summed E-state index contributed by atoms with van der Waals surface area (Å²) in [4.78, 5) is 24.3. The second-order valence-electron chi connectivity index (χ2n) is 5.90. The van der Waals surface area contributed by atoms with Gasteiger partial charge in [0.25, 0.3) is 0 Å². The van der Waals surface area contributed by atoms with E-state index in [1.807, 2.05) is 0 Å². The number of aliphatic carboxylic acids is 1. The van der Waals surface area contributed by atoms with Crippen molar-refractivity contribution in [2.24, 2.45) is 0 Å². The molecule has 0 bridgehead atoms. The topological polar surface area (TPSA) is 95.2 Å². The molecule has 0 fully saturated rings. The number of fused-ring (bicyclic) bond motifs is 1. The van der Waals surface area contributed by atoms with Crippen molar-refractivity contribution in [3.8, 4) is 28.6 Å². The van der Waals surface area contributed by atoms with Crippen LogP contribution in [0.3, 0.4) is 0 Å². The number of hydrogen-bond acceptors (Lipinski definition) is 6. The number of benzene rings is 2. The number of ether oxygens (including phenoxy) is 3. The van der Waals surface area contributed by atoms with E-state index in [0.29, 0.717) is 22.1 Å². The van der Waals surface area contributed by atoms with Crippen LogP contribution in [0, 0.1) is 0 Å². The summed E-state index contributed by atoms with van der Waals surface area (Å²) in [7, 11) is 2.98. The molecule has 0 unspecified atom stereocenters. The van der Waals surface area contributed by atoms with E-state index in [1.165, 1.54) is 27.2 Å². The Kier molecular flexibility index (Phi) is 5.46. The Balaban J connectivity index is 2.29. The van der Waals surface area contributed by atoms with E-state index in [9.17, 15) is 14.7 Å². The summed E-state index contributed by atoms with van der Waals surface area (Å²) in [5.41, 5.74) is 0.218. The minimum Gasteiger partial charge on any atom is -0.493 e. The van der Waals surface area contributed by atoms with E-state index in [1.54, 1.807) is 30.3 Å². The molecule has 3 rings (SSSR count). The molecule has 1 N–H and O–H groups in total. The summed E-state index contributed by atoms with van der Waals surface area (Å²) in [6, 6.07) is 9.50. The minimum absolute atomic E-state index is 0.0777. The van der Waals surface area contributed by atoms with Crippen molar-refractivity contribution in [3.05, 3.63) is 51.6 Å². The normalized spacial score (nSPS) is 11.9. The fourth-order valence-corrected chi connectivity index (χ4v) is 2.82. The Bertz CT molecular complexity index is 1100. The monoisotopic (exact) mass is 404 g/mol. The van der Waals surface area contributed by atoms with Crippen LogP contribution in [-0.2, 0) is 4.79 Å². The van der Waals surface area contributed by atoms with Crippen molar-refractivity contribution in [2.75, 3.05) is 14.2 Å². The van der Waals surface area contributed by atoms with Gasteiger partial charge in [0.1, 0.15) is 5.58 Å². The quantitative estimate of drug-likeness (QED) is 0.663. The molecule has 146 valence electrons. The maximum atomic E-state index is 13.0. The van der Waals surface area contributed by atoms with Crippen LogP contribution in [0.5, 0.6) is 17.2 Å². The zero-order chi connectivity index (χ0) is 20.4. The van der Waals surface area contributed by atoms with Gasteiger partial charge in [-0.15, -0.1) is 0 Å². The van der Waals surface area contributed by atoms with Crippen LogP contribution in [0.1, 0.15) is 6.92 Å². The lowest BCUT2D eigenvalue weighted by molar-refractivity contribution is -0.144. The maximum absolute atomic E-state index is 13.0. The van der Waals surface area contributed by atoms with Crippen molar-refractivity contribution in [2.45, 2.75) is 13.0 Å². The SMILES string of the molecule is COc1ccc(-c2oc3ccc(Cl)cc3c(=O)c2O[C@H](C)C(=O)O)cc1OC. The average Bonchev–Trinajstić information content (AvgIpc) is 2.69. The van der Waals surface area contributed by atoms with E-state index in [4.69, 9.17) is 30.2 Å². The van der Waals surface area contributed by atoms with Crippen LogP contribution in [0.4, 0.5) is 0 Å². The molecule has 3 aromatic rings. The van der Waals surface area contributed by atoms with Crippen LogP contribution >= 0.6 is 11.6 Å². The molecule has 0 aliphatic carbocycles. The number of carbonyl (C=O) groups is 1. The van der Waals surface area contributed by atoms with Crippen LogP contribution in [0.25, 0.3) is 22.3 Å². The Hall–Kier alpha value is -3.19. The van der Waals surface area contributed by atoms with Gasteiger partial charge in [-0.1, -0.05) is 11.6 Å². The summed E-state index contributed by atoms with van der Waals surface area (Å²) in [5.74, 6) is -0.465. The number of methoxy groups -OCH3 is 2. The van der Waals surface area contributed by atoms with Crippen LogP contribution in [0.15, 0.2) is 45.6 Å². The van der Waals surface area contributed by atoms with Crippen molar-refractivity contribution < 1.29 is 28.5 Å². The van der Waals surface area contributed by atoms with Gasteiger partial charge in [0.2, 0.25) is 11.2 Å². The highest BCUT2D eigenvalue weighted by molar-refractivity contribution is 6.31. The zero-order valence-corrected chi connectivity index (χ0v) is 16.1. The van der Waals surface area contributed by atoms with E-state index < -0.39 is 17.5 Å². The molecule has 0 aliphatic rings. The van der Waals surface area contributed by atoms with E-state index in [2.05, 4.69) is 0 Å². The molecule has 0 saturated carbocycles. The number of carboxylic acids is 1. The first-order valence-corrected chi connectivity index (χ1v) is 8.61. The molecule has 0 aliphatic heterocycles. The Morgan fingerprint density at radius 3 is 2.46 bits per heavy atom. The average molecular weight is 405 g/mol. The van der Waals surface area contributed by atoms with Gasteiger partial charge in [0, 0.05) is 10.6 Å². The lowest BCUT2D eigenvalue weighted by atomic mass is 10.1. The number of carboxylic acid groups (broad SMARTS) is 1. The van der Waals surface area contributed by atoms with Crippen molar-refractivity contribution in [1.82, 2.24) is 0 Å². The van der Waals surface area contributed by atoms with Gasteiger partial charge in [0.15, 0.2) is 23.4 Å². The predicted molar refractivity (Wildman–Crippen MR) is 104 cm³/mol. The summed E-state index contributed by atoms with van der Waals surface area (Å²) in [6.45, 7) is 1.32. The molecule has 28 heavy (non-hydrogen) atoms. The third kappa shape index (κ3) is 3.61. The molecule has 0 saturated heterocycles. The highest BCUT2D eigenvalue weighted by Crippen LogP contribution is 2.37. The van der Waals surface area contributed by atoms with Crippen LogP contribution < -0.4 is 19.6 Å². The highest BCUT2D eigenvalue weighted by Gasteiger charge is 2.23. The standard InChI is InChI=1S/C20H17ClO7/c1-10(20(23)24)27-19-17(22)13-9-12(21)5-7-14(13)28-18(19)11-4-6-15(25-2)16(8-11)26-3/h4-10H,1-3H3,(H,23,24)/t10-/m1/s1. The maximum Gasteiger partial charge on any atom is 0.344 e. The first-order chi connectivity index (χ1) is 13.3. The van der Waals surface area contributed by atoms with Crippen molar-refractivity contribution in [3.63, 3.8) is 0 Å². The molecule has 8 heteroatoms. The Morgan fingerprint density at radius 2 is 1.82 bits per heavy atom. The Morgan fingerprint density at radius 1 is 1.11 bits per heavy atom. The third-order valence-corrected chi connectivity index (χ3v) is 4.33. The van der Waals surface area contributed by atoms with Gasteiger partial charge in [-0.05, 0) is 43.3 Å². The highest BCUT2D eigenvalue weighted by atomic mass is 35.5. The van der Waals surface area contributed by atoms with Gasteiger partial charge in [-0.2, -0.15) is 0 Å². The van der Waals surface area contributed by atoms with Gasteiger partial charge in [-0.25, -0.2) is 4.79 Å². The largest absolute Gasteiger partial charge is 0.493 e. The van der Waals surface area contributed by atoms with Crippen LogP contribution in [-0.4, -0.2) is 31.4 Å². The third-order valence-electron chi connectivity index (χ3n) is 4.10. The fourth-order valence-electron chi connectivity index (χ4n) is 2.65. The van der Waals surface area contributed by atoms with Gasteiger partial charge in [-0.3, -0.25) is 4.79 Å². The molecule has 7 nitrogen and oxygen atoms in total. The first kappa shape index (κ1) is 19.6. The molecule has 0 amide bonds. The number of hydrogen-bond donors (Lipinski definition) is 1. The molecule has 2 aromatic carbocycles. The van der Waals surface area contributed by atoms with E-state index >= 15 is 0 Å². The second-order valence-corrected chi connectivity index (χ2v) is 6.33. The summed E-state index contributed by atoms with van der Waals surface area (Å²) in [5, 5.41) is 9.72. The van der Waals surface area contributed by atoms with Crippen molar-refractivity contribution >= 4 is 28.5 Å². The minimum atomic E-state index is -1.27. The summed E-state index contributed by atoms with van der Waals surface area (Å²) >= 11 is 5.98. The molecular formula is C20H17ClO7. The number of halogens is 1. The van der Waals surface area contributed by atoms with E-state index in [-0.39, 0.29) is 22.5 Å². The molecule has 1 aromatic heterocycles. The predicted octanol–water partition coefficient (Wildman–Crippen LogP) is 3.98. The first-order valence-electron chi connectivity index (χ1n) is 8.24.